The molecule has 0 bridgehead atoms. The first-order valence-electron chi connectivity index (χ1n) is 12.3. The summed E-state index contributed by atoms with van der Waals surface area (Å²) >= 11 is 0. The summed E-state index contributed by atoms with van der Waals surface area (Å²) in [5.74, 6) is -0.642. The Morgan fingerprint density at radius 2 is 1.66 bits per heavy atom. The van der Waals surface area contributed by atoms with Gasteiger partial charge in [0.25, 0.3) is 0 Å². The topological polar surface area (TPSA) is 86.8 Å². The predicted octanol–water partition coefficient (Wildman–Crippen LogP) is 4.05. The molecule has 2 aromatic rings. The van der Waals surface area contributed by atoms with Crippen LogP contribution in [0.15, 0.2) is 48.5 Å². The third-order valence-electron chi connectivity index (χ3n) is 6.13. The van der Waals surface area contributed by atoms with E-state index in [-0.39, 0.29) is 19.0 Å². The Balaban J connectivity index is 2.40. The van der Waals surface area contributed by atoms with Crippen LogP contribution in [0.25, 0.3) is 0 Å². The maximum atomic E-state index is 13.7. The molecule has 1 atom stereocenters. The van der Waals surface area contributed by atoms with E-state index in [1.165, 1.54) is 4.90 Å². The Morgan fingerprint density at radius 1 is 1.00 bits per heavy atom. The average molecular weight is 502 g/mol. The van der Waals surface area contributed by atoms with E-state index >= 15 is 0 Å². The number of benzene rings is 2. The zero-order chi connectivity index (χ0) is 26.0. The maximum Gasteiger partial charge on any atom is 0.244 e. The summed E-state index contributed by atoms with van der Waals surface area (Å²) < 4.78 is 26.5. The zero-order valence-electron chi connectivity index (χ0n) is 21.6. The molecule has 0 radical (unpaired) electrons. The minimum absolute atomic E-state index is 0.220. The highest BCUT2D eigenvalue weighted by atomic mass is 32.2. The Kier molecular flexibility index (Phi) is 10.8. The molecule has 192 valence electrons. The summed E-state index contributed by atoms with van der Waals surface area (Å²) in [5.41, 5.74) is 3.42. The van der Waals surface area contributed by atoms with Crippen LogP contribution in [0.4, 0.5) is 5.69 Å². The Morgan fingerprint density at radius 3 is 2.20 bits per heavy atom. The van der Waals surface area contributed by atoms with E-state index in [9.17, 15) is 18.0 Å². The first-order chi connectivity index (χ1) is 16.6. The number of amides is 2. The lowest BCUT2D eigenvalue weighted by Gasteiger charge is -2.33. The smallest absolute Gasteiger partial charge is 0.244 e. The molecule has 0 aliphatic carbocycles. The molecular weight excluding hydrogens is 462 g/mol. The van der Waals surface area contributed by atoms with Crippen LogP contribution in [0.1, 0.15) is 56.7 Å². The van der Waals surface area contributed by atoms with Crippen LogP contribution >= 0.6 is 0 Å². The number of hydrogen-bond donors (Lipinski definition) is 1. The Bertz CT molecular complexity index is 1080. The Hall–Kier alpha value is -2.87. The summed E-state index contributed by atoms with van der Waals surface area (Å²) in [7, 11) is -3.73. The highest BCUT2D eigenvalue weighted by Crippen LogP contribution is 2.21. The van der Waals surface area contributed by atoms with Gasteiger partial charge in [-0.05, 0) is 55.0 Å². The van der Waals surface area contributed by atoms with Crippen molar-refractivity contribution in [2.45, 2.75) is 66.0 Å². The fourth-order valence-corrected chi connectivity index (χ4v) is 4.76. The molecule has 0 saturated carbocycles. The van der Waals surface area contributed by atoms with Crippen LogP contribution in [0.2, 0.25) is 0 Å². The second-order valence-electron chi connectivity index (χ2n) is 8.81. The number of hydrogen-bond acceptors (Lipinski definition) is 4. The number of carbonyl (C=O) groups excluding carboxylic acids is 2. The molecule has 0 unspecified atom stereocenters. The van der Waals surface area contributed by atoms with Crippen molar-refractivity contribution in [2.75, 3.05) is 23.7 Å². The van der Waals surface area contributed by atoms with Crippen molar-refractivity contribution in [3.05, 3.63) is 65.2 Å². The lowest BCUT2D eigenvalue weighted by atomic mass is 10.1. The quantitative estimate of drug-likeness (QED) is 0.420. The molecule has 1 N–H and O–H groups in total. The summed E-state index contributed by atoms with van der Waals surface area (Å²) in [5, 5.41) is 2.93. The van der Waals surface area contributed by atoms with Gasteiger partial charge in [-0.25, -0.2) is 8.42 Å². The third-order valence-corrected chi connectivity index (χ3v) is 7.27. The first kappa shape index (κ1) is 28.4. The maximum absolute atomic E-state index is 13.7. The molecule has 0 aliphatic heterocycles. The van der Waals surface area contributed by atoms with Crippen molar-refractivity contribution >= 4 is 27.5 Å². The average Bonchev–Trinajstić information content (AvgIpc) is 2.83. The van der Waals surface area contributed by atoms with Crippen molar-refractivity contribution in [1.82, 2.24) is 10.2 Å². The molecular formula is C27H39N3O4S. The molecule has 2 rings (SSSR count). The van der Waals surface area contributed by atoms with E-state index in [1.54, 1.807) is 12.1 Å². The van der Waals surface area contributed by atoms with Gasteiger partial charge in [0.1, 0.15) is 12.6 Å². The van der Waals surface area contributed by atoms with Gasteiger partial charge in [-0.1, -0.05) is 63.6 Å². The van der Waals surface area contributed by atoms with E-state index in [0.717, 1.165) is 46.5 Å². The highest BCUT2D eigenvalue weighted by molar-refractivity contribution is 7.92. The second-order valence-corrected chi connectivity index (χ2v) is 10.7. The van der Waals surface area contributed by atoms with Crippen molar-refractivity contribution in [2.24, 2.45) is 0 Å². The minimum Gasteiger partial charge on any atom is -0.354 e. The van der Waals surface area contributed by atoms with Gasteiger partial charge in [-0.3, -0.25) is 13.9 Å². The van der Waals surface area contributed by atoms with Crippen LogP contribution in [-0.4, -0.2) is 50.5 Å². The van der Waals surface area contributed by atoms with Crippen molar-refractivity contribution in [3.8, 4) is 0 Å². The van der Waals surface area contributed by atoms with E-state index in [4.69, 9.17) is 0 Å². The molecule has 2 amide bonds. The summed E-state index contributed by atoms with van der Waals surface area (Å²) in [4.78, 5) is 28.3. The number of unbranched alkanes of at least 4 members (excludes halogenated alkanes) is 1. The van der Waals surface area contributed by atoms with E-state index in [1.807, 2.05) is 64.1 Å². The number of aryl methyl sites for hydroxylation is 2. The van der Waals surface area contributed by atoms with Gasteiger partial charge in [0.05, 0.1) is 11.9 Å². The van der Waals surface area contributed by atoms with E-state index < -0.39 is 22.0 Å². The predicted molar refractivity (Wildman–Crippen MR) is 142 cm³/mol. The van der Waals surface area contributed by atoms with Gasteiger partial charge in [0.2, 0.25) is 21.8 Å². The van der Waals surface area contributed by atoms with Crippen LogP contribution in [-0.2, 0) is 32.6 Å². The third kappa shape index (κ3) is 8.09. The number of nitrogens with one attached hydrogen (secondary N) is 1. The number of carbonyl (C=O) groups is 2. The van der Waals surface area contributed by atoms with Gasteiger partial charge in [0, 0.05) is 13.1 Å². The van der Waals surface area contributed by atoms with E-state index in [2.05, 4.69) is 5.32 Å². The monoisotopic (exact) mass is 501 g/mol. The molecule has 0 aromatic heterocycles. The first-order valence-corrected chi connectivity index (χ1v) is 14.1. The van der Waals surface area contributed by atoms with E-state index in [0.29, 0.717) is 18.7 Å². The summed E-state index contributed by atoms with van der Waals surface area (Å²) in [6, 6.07) is 14.1. The molecule has 8 heteroatoms. The highest BCUT2D eigenvalue weighted by Gasteiger charge is 2.31. The van der Waals surface area contributed by atoms with Crippen LogP contribution < -0.4 is 9.62 Å². The zero-order valence-corrected chi connectivity index (χ0v) is 22.4. The normalized spacial score (nSPS) is 12.1. The number of sulfonamides is 1. The van der Waals surface area contributed by atoms with Gasteiger partial charge in [0.15, 0.2) is 0 Å². The SMILES string of the molecule is CCCCNC(=O)[C@@H](CC)N(Cc1ccccc1C)C(=O)CN(c1ccc(CC)cc1)S(C)(=O)=O. The molecule has 2 aromatic carbocycles. The van der Waals surface area contributed by atoms with Crippen molar-refractivity contribution in [1.29, 1.82) is 0 Å². The largest absolute Gasteiger partial charge is 0.354 e. The molecule has 0 heterocycles. The molecule has 0 spiro atoms. The molecule has 7 nitrogen and oxygen atoms in total. The fraction of sp³-hybridized carbons (Fsp3) is 0.481. The number of nitrogens with zero attached hydrogens (tertiary/aromatic N) is 2. The summed E-state index contributed by atoms with van der Waals surface area (Å²) in [6.07, 6.45) is 4.13. The van der Waals surface area contributed by atoms with Crippen molar-refractivity contribution < 1.29 is 18.0 Å². The van der Waals surface area contributed by atoms with Gasteiger partial charge < -0.3 is 10.2 Å². The summed E-state index contributed by atoms with van der Waals surface area (Å²) in [6.45, 7) is 8.26. The number of rotatable bonds is 13. The Labute approximate surface area is 210 Å². The van der Waals surface area contributed by atoms with Crippen LogP contribution in [0.3, 0.4) is 0 Å². The van der Waals surface area contributed by atoms with Gasteiger partial charge in [-0.15, -0.1) is 0 Å². The van der Waals surface area contributed by atoms with Crippen LogP contribution in [0, 0.1) is 6.92 Å². The van der Waals surface area contributed by atoms with Crippen LogP contribution in [0.5, 0.6) is 0 Å². The lowest BCUT2D eigenvalue weighted by Crippen LogP contribution is -2.52. The molecule has 0 aliphatic rings. The molecule has 35 heavy (non-hydrogen) atoms. The molecule has 0 fully saturated rings. The number of anilines is 1. The lowest BCUT2D eigenvalue weighted by molar-refractivity contribution is -0.140. The molecule has 0 saturated heterocycles. The van der Waals surface area contributed by atoms with Gasteiger partial charge >= 0.3 is 0 Å². The standard InChI is InChI=1S/C27H39N3O4S/c1-6-9-18-28-27(32)25(8-3)29(19-23-13-11-10-12-21(23)4)26(31)20-30(35(5,33)34)24-16-14-22(7-2)15-17-24/h10-17,25H,6-9,18-20H2,1-5H3,(H,28,32)/t25-/m1/s1. The fourth-order valence-electron chi connectivity index (χ4n) is 3.91. The second kappa shape index (κ2) is 13.3. The minimum atomic E-state index is -3.73. The van der Waals surface area contributed by atoms with Gasteiger partial charge in [-0.2, -0.15) is 0 Å². The van der Waals surface area contributed by atoms with Crippen molar-refractivity contribution in [3.63, 3.8) is 0 Å².